The van der Waals surface area contributed by atoms with Gasteiger partial charge in [0.2, 0.25) is 0 Å². The maximum Gasteiger partial charge on any atom is 0.327 e. The highest BCUT2D eigenvalue weighted by Crippen LogP contribution is 2.46. The Kier molecular flexibility index (Phi) is 4.42. The van der Waals surface area contributed by atoms with Crippen LogP contribution in [-0.4, -0.2) is 23.0 Å². The number of carbonyl (C=O) groups is 2. The minimum atomic E-state index is -1.09. The molecular weight excluding hydrogens is 362 g/mol. The number of carboxylic acids is 1. The van der Waals surface area contributed by atoms with Crippen molar-refractivity contribution in [3.05, 3.63) is 94.5 Å². The van der Waals surface area contributed by atoms with Gasteiger partial charge >= 0.3 is 5.97 Å². The van der Waals surface area contributed by atoms with Gasteiger partial charge in [-0.1, -0.05) is 60.1 Å². The number of carboxylic acid groups (broad SMARTS) is 1. The summed E-state index contributed by atoms with van der Waals surface area (Å²) in [7, 11) is 0. The molecule has 2 N–H and O–H groups in total. The van der Waals surface area contributed by atoms with Crippen molar-refractivity contribution in [3.63, 3.8) is 0 Å². The summed E-state index contributed by atoms with van der Waals surface area (Å²) in [4.78, 5) is 24.7. The summed E-state index contributed by atoms with van der Waals surface area (Å²) in [6.07, 6.45) is 0. The molecule has 4 rings (SSSR count). The van der Waals surface area contributed by atoms with Gasteiger partial charge in [0.15, 0.2) is 0 Å². The smallest absolute Gasteiger partial charge is 0.327 e. The number of amides is 1. The summed E-state index contributed by atoms with van der Waals surface area (Å²) in [5, 5.41) is 13.1. The second kappa shape index (κ2) is 6.89. The highest BCUT2D eigenvalue weighted by Gasteiger charge is 2.38. The highest BCUT2D eigenvalue weighted by atomic mass is 35.5. The second-order valence-electron chi connectivity index (χ2n) is 6.45. The second-order valence-corrected chi connectivity index (χ2v) is 6.88. The Morgan fingerprint density at radius 1 is 0.852 bits per heavy atom. The number of aliphatic carboxylic acids is 1. The lowest BCUT2D eigenvalue weighted by atomic mass is 9.89. The Labute approximate surface area is 161 Å². The molecule has 134 valence electrons. The number of carbonyl (C=O) groups excluding carboxylic acids is 1. The van der Waals surface area contributed by atoms with Crippen LogP contribution in [0.1, 0.15) is 27.4 Å². The predicted octanol–water partition coefficient (Wildman–Crippen LogP) is 4.34. The van der Waals surface area contributed by atoms with Crippen LogP contribution in [0.5, 0.6) is 0 Å². The first-order valence-electron chi connectivity index (χ1n) is 8.53. The molecule has 0 spiro atoms. The number of halogens is 1. The molecule has 4 nitrogen and oxygen atoms in total. The van der Waals surface area contributed by atoms with E-state index in [0.29, 0.717) is 10.6 Å². The molecule has 0 radical (unpaired) electrons. The molecule has 0 bridgehead atoms. The van der Waals surface area contributed by atoms with E-state index in [-0.39, 0.29) is 0 Å². The van der Waals surface area contributed by atoms with Gasteiger partial charge in [0.25, 0.3) is 5.91 Å². The number of hydrogen-bond donors (Lipinski definition) is 2. The average molecular weight is 378 g/mol. The molecule has 0 saturated carbocycles. The molecule has 3 aromatic rings. The van der Waals surface area contributed by atoms with Crippen LogP contribution >= 0.6 is 11.6 Å². The Hall–Kier alpha value is -3.11. The zero-order valence-electron chi connectivity index (χ0n) is 14.2. The molecule has 0 heterocycles. The fourth-order valence-electron chi connectivity index (χ4n) is 3.67. The summed E-state index contributed by atoms with van der Waals surface area (Å²) >= 11 is 5.86. The number of hydrogen-bond acceptors (Lipinski definition) is 2. The molecule has 0 unspecified atom stereocenters. The average Bonchev–Trinajstić information content (AvgIpc) is 3.01. The maximum absolute atomic E-state index is 12.6. The highest BCUT2D eigenvalue weighted by molar-refractivity contribution is 6.30. The van der Waals surface area contributed by atoms with Gasteiger partial charge < -0.3 is 10.4 Å². The molecule has 0 aromatic heterocycles. The van der Waals surface area contributed by atoms with Crippen molar-refractivity contribution in [2.45, 2.75) is 12.0 Å². The normalized spacial score (nSPS) is 13.5. The summed E-state index contributed by atoms with van der Waals surface area (Å²) < 4.78 is 0. The first kappa shape index (κ1) is 17.3. The zero-order chi connectivity index (χ0) is 19.0. The molecule has 1 aliphatic carbocycles. The third kappa shape index (κ3) is 3.09. The molecular formula is C22H16ClNO3. The van der Waals surface area contributed by atoms with E-state index in [1.807, 2.05) is 48.5 Å². The lowest BCUT2D eigenvalue weighted by Gasteiger charge is -2.23. The van der Waals surface area contributed by atoms with Gasteiger partial charge in [0, 0.05) is 16.5 Å². The third-order valence-corrected chi connectivity index (χ3v) is 5.13. The number of nitrogens with one attached hydrogen (secondary N) is 1. The lowest BCUT2D eigenvalue weighted by molar-refractivity contribution is -0.139. The number of rotatable bonds is 4. The van der Waals surface area contributed by atoms with Gasteiger partial charge in [-0.25, -0.2) is 4.79 Å². The first-order chi connectivity index (χ1) is 13.1. The molecule has 3 aromatic carbocycles. The van der Waals surface area contributed by atoms with Crippen LogP contribution in [0.4, 0.5) is 0 Å². The maximum atomic E-state index is 12.6. The van der Waals surface area contributed by atoms with E-state index < -0.39 is 23.8 Å². The van der Waals surface area contributed by atoms with Crippen molar-refractivity contribution in [3.8, 4) is 11.1 Å². The largest absolute Gasteiger partial charge is 0.480 e. The van der Waals surface area contributed by atoms with Gasteiger partial charge in [-0.05, 0) is 46.5 Å². The van der Waals surface area contributed by atoms with E-state index in [2.05, 4.69) is 5.32 Å². The minimum Gasteiger partial charge on any atom is -0.480 e. The van der Waals surface area contributed by atoms with Gasteiger partial charge in [-0.15, -0.1) is 0 Å². The molecule has 27 heavy (non-hydrogen) atoms. The van der Waals surface area contributed by atoms with E-state index in [0.717, 1.165) is 22.3 Å². The predicted molar refractivity (Wildman–Crippen MR) is 104 cm³/mol. The van der Waals surface area contributed by atoms with Gasteiger partial charge in [0.1, 0.15) is 6.04 Å². The summed E-state index contributed by atoms with van der Waals surface area (Å²) in [6, 6.07) is 20.7. The van der Waals surface area contributed by atoms with Crippen LogP contribution in [0.15, 0.2) is 72.8 Å². The Bertz CT molecular complexity index is 984. The van der Waals surface area contributed by atoms with E-state index in [4.69, 9.17) is 11.6 Å². The van der Waals surface area contributed by atoms with E-state index in [1.165, 1.54) is 0 Å². The lowest BCUT2D eigenvalue weighted by Crippen LogP contribution is -2.44. The van der Waals surface area contributed by atoms with Crippen molar-refractivity contribution < 1.29 is 14.7 Å². The number of benzene rings is 3. The van der Waals surface area contributed by atoms with Crippen LogP contribution in [0.3, 0.4) is 0 Å². The van der Waals surface area contributed by atoms with Crippen molar-refractivity contribution in [1.29, 1.82) is 0 Å². The van der Waals surface area contributed by atoms with Crippen molar-refractivity contribution in [2.75, 3.05) is 0 Å². The molecule has 0 aliphatic heterocycles. The van der Waals surface area contributed by atoms with Crippen molar-refractivity contribution in [1.82, 2.24) is 5.32 Å². The first-order valence-corrected chi connectivity index (χ1v) is 8.91. The third-order valence-electron chi connectivity index (χ3n) is 4.87. The molecule has 1 amide bonds. The zero-order valence-corrected chi connectivity index (χ0v) is 15.0. The van der Waals surface area contributed by atoms with E-state index in [1.54, 1.807) is 24.3 Å². The van der Waals surface area contributed by atoms with Crippen LogP contribution in [0, 0.1) is 0 Å². The van der Waals surface area contributed by atoms with Crippen molar-refractivity contribution >= 4 is 23.5 Å². The standard InChI is InChI=1S/C22H16ClNO3/c23-14-11-9-13(10-12-14)21(25)24-20(22(26)27)19-17-7-3-1-5-15(17)16-6-2-4-8-18(16)19/h1-12,19-20H,(H,24,25)(H,26,27)/t20-/m0/s1. The molecule has 0 fully saturated rings. The molecule has 0 saturated heterocycles. The summed E-state index contributed by atoms with van der Waals surface area (Å²) in [5.41, 5.74) is 4.19. The van der Waals surface area contributed by atoms with Gasteiger partial charge in [-0.3, -0.25) is 4.79 Å². The summed E-state index contributed by atoms with van der Waals surface area (Å²) in [6.45, 7) is 0. The van der Waals surface area contributed by atoms with Crippen LogP contribution < -0.4 is 5.32 Å². The minimum absolute atomic E-state index is 0.366. The van der Waals surface area contributed by atoms with Gasteiger partial charge in [0.05, 0.1) is 0 Å². The fourth-order valence-corrected chi connectivity index (χ4v) is 3.79. The van der Waals surface area contributed by atoms with E-state index in [9.17, 15) is 14.7 Å². The molecule has 1 aliphatic rings. The summed E-state index contributed by atoms with van der Waals surface area (Å²) in [5.74, 6) is -1.97. The molecule has 1 atom stereocenters. The Morgan fingerprint density at radius 2 is 1.37 bits per heavy atom. The number of fused-ring (bicyclic) bond motifs is 3. The monoisotopic (exact) mass is 377 g/mol. The Morgan fingerprint density at radius 3 is 1.89 bits per heavy atom. The van der Waals surface area contributed by atoms with Crippen LogP contribution in [0.2, 0.25) is 5.02 Å². The Balaban J connectivity index is 1.73. The van der Waals surface area contributed by atoms with Crippen LogP contribution in [0.25, 0.3) is 11.1 Å². The molecule has 5 heteroatoms. The quantitative estimate of drug-likeness (QED) is 0.711. The van der Waals surface area contributed by atoms with E-state index >= 15 is 0 Å². The topological polar surface area (TPSA) is 66.4 Å². The fraction of sp³-hybridized carbons (Fsp3) is 0.0909. The SMILES string of the molecule is O=C(N[C@H](C(=O)O)C1c2ccccc2-c2ccccc21)c1ccc(Cl)cc1. The van der Waals surface area contributed by atoms with Gasteiger partial charge in [-0.2, -0.15) is 0 Å². The van der Waals surface area contributed by atoms with Crippen molar-refractivity contribution in [2.24, 2.45) is 0 Å². The van der Waals surface area contributed by atoms with Crippen LogP contribution in [-0.2, 0) is 4.79 Å².